The van der Waals surface area contributed by atoms with Gasteiger partial charge in [0.25, 0.3) is 0 Å². The molecule has 0 fully saturated rings. The van der Waals surface area contributed by atoms with E-state index in [-0.39, 0.29) is 11.3 Å². The van der Waals surface area contributed by atoms with Gasteiger partial charge in [-0.2, -0.15) is 5.26 Å². The van der Waals surface area contributed by atoms with Crippen molar-refractivity contribution in [2.75, 3.05) is 0 Å². The van der Waals surface area contributed by atoms with Crippen LogP contribution in [0.15, 0.2) is 18.2 Å². The molecule has 74 valence electrons. The van der Waals surface area contributed by atoms with Crippen molar-refractivity contribution >= 4 is 22.6 Å². The van der Waals surface area contributed by atoms with Crippen molar-refractivity contribution in [2.45, 2.75) is 6.36 Å². The summed E-state index contributed by atoms with van der Waals surface area (Å²) in [6.07, 6.45) is -4.73. The summed E-state index contributed by atoms with van der Waals surface area (Å²) in [6.45, 7) is 0. The molecule has 0 saturated heterocycles. The second-order valence-corrected chi connectivity index (χ2v) is 3.58. The highest BCUT2D eigenvalue weighted by molar-refractivity contribution is 14.1. The van der Waals surface area contributed by atoms with Gasteiger partial charge in [0, 0.05) is 3.57 Å². The second-order valence-electron chi connectivity index (χ2n) is 2.34. The van der Waals surface area contributed by atoms with Crippen LogP contribution in [-0.4, -0.2) is 6.36 Å². The van der Waals surface area contributed by atoms with E-state index in [9.17, 15) is 13.2 Å². The van der Waals surface area contributed by atoms with E-state index < -0.39 is 6.36 Å². The monoisotopic (exact) mass is 313 g/mol. The summed E-state index contributed by atoms with van der Waals surface area (Å²) in [6, 6.07) is 5.44. The fraction of sp³-hybridized carbons (Fsp3) is 0.125. The molecule has 1 aromatic rings. The molecule has 0 spiro atoms. The molecule has 0 aromatic heterocycles. The van der Waals surface area contributed by atoms with Crippen molar-refractivity contribution in [3.8, 4) is 11.8 Å². The molecule has 2 nitrogen and oxygen atoms in total. The third kappa shape index (κ3) is 3.41. The van der Waals surface area contributed by atoms with E-state index in [1.54, 1.807) is 6.07 Å². The van der Waals surface area contributed by atoms with E-state index in [4.69, 9.17) is 5.26 Å². The molecule has 1 rings (SSSR count). The van der Waals surface area contributed by atoms with Crippen molar-refractivity contribution < 1.29 is 17.9 Å². The largest absolute Gasteiger partial charge is 0.573 e. The Morgan fingerprint density at radius 3 is 2.43 bits per heavy atom. The maximum atomic E-state index is 11.8. The number of benzene rings is 1. The lowest BCUT2D eigenvalue weighted by Crippen LogP contribution is -2.17. The maximum Gasteiger partial charge on any atom is 0.573 e. The van der Waals surface area contributed by atoms with Crippen LogP contribution < -0.4 is 4.74 Å². The number of hydrogen-bond acceptors (Lipinski definition) is 2. The molecule has 0 aliphatic rings. The molecule has 0 N–H and O–H groups in total. The molecule has 0 atom stereocenters. The highest BCUT2D eigenvalue weighted by Crippen LogP contribution is 2.25. The molecular weight excluding hydrogens is 310 g/mol. The highest BCUT2D eigenvalue weighted by atomic mass is 127. The topological polar surface area (TPSA) is 33.0 Å². The van der Waals surface area contributed by atoms with Gasteiger partial charge in [-0.25, -0.2) is 0 Å². The summed E-state index contributed by atoms with van der Waals surface area (Å²) in [7, 11) is 0. The quantitative estimate of drug-likeness (QED) is 0.747. The summed E-state index contributed by atoms with van der Waals surface area (Å²) in [5, 5.41) is 8.49. The lowest BCUT2D eigenvalue weighted by molar-refractivity contribution is -0.274. The van der Waals surface area contributed by atoms with Crippen LogP contribution in [0.5, 0.6) is 5.75 Å². The van der Waals surface area contributed by atoms with Crippen molar-refractivity contribution in [1.82, 2.24) is 0 Å². The maximum absolute atomic E-state index is 11.8. The van der Waals surface area contributed by atoms with Crippen LogP contribution in [0.25, 0.3) is 0 Å². The lowest BCUT2D eigenvalue weighted by atomic mass is 10.2. The number of nitrogens with zero attached hydrogens (tertiary/aromatic N) is 1. The number of ether oxygens (including phenoxy) is 1. The predicted molar refractivity (Wildman–Crippen MR) is 50.6 cm³/mol. The van der Waals surface area contributed by atoms with Crippen LogP contribution in [0.1, 0.15) is 5.56 Å². The first-order chi connectivity index (χ1) is 6.40. The Kier molecular flexibility index (Phi) is 3.21. The molecule has 0 radical (unpaired) electrons. The SMILES string of the molecule is N#Cc1cc(I)cc(OC(F)(F)F)c1. The first-order valence-corrected chi connectivity index (χ1v) is 4.45. The zero-order valence-electron chi connectivity index (χ0n) is 6.60. The molecular formula is C8H3F3INO. The Hall–Kier alpha value is -0.970. The van der Waals surface area contributed by atoms with Crippen LogP contribution >= 0.6 is 22.6 Å². The van der Waals surface area contributed by atoms with Crippen LogP contribution in [0.2, 0.25) is 0 Å². The lowest BCUT2D eigenvalue weighted by Gasteiger charge is -2.08. The standard InChI is InChI=1S/C8H3F3INO/c9-8(10,11)14-7-2-5(4-13)1-6(12)3-7/h1-3H. The molecule has 0 aliphatic carbocycles. The van der Waals surface area contributed by atoms with E-state index in [0.29, 0.717) is 3.57 Å². The molecule has 0 aliphatic heterocycles. The van der Waals surface area contributed by atoms with Crippen molar-refractivity contribution in [3.05, 3.63) is 27.3 Å². The molecule has 0 heterocycles. The van der Waals surface area contributed by atoms with Crippen LogP contribution in [-0.2, 0) is 0 Å². The zero-order valence-corrected chi connectivity index (χ0v) is 8.76. The smallest absolute Gasteiger partial charge is 0.406 e. The van der Waals surface area contributed by atoms with E-state index in [1.807, 2.05) is 22.6 Å². The Balaban J connectivity index is 3.00. The van der Waals surface area contributed by atoms with Gasteiger partial charge >= 0.3 is 6.36 Å². The predicted octanol–water partition coefficient (Wildman–Crippen LogP) is 3.06. The number of alkyl halides is 3. The fourth-order valence-electron chi connectivity index (χ4n) is 0.820. The average Bonchev–Trinajstić information content (AvgIpc) is 1.99. The van der Waals surface area contributed by atoms with Gasteiger partial charge in [0.05, 0.1) is 11.6 Å². The van der Waals surface area contributed by atoms with Gasteiger partial charge in [0.2, 0.25) is 0 Å². The molecule has 14 heavy (non-hydrogen) atoms. The third-order valence-corrected chi connectivity index (χ3v) is 1.86. The summed E-state index contributed by atoms with van der Waals surface area (Å²) in [4.78, 5) is 0. The van der Waals surface area contributed by atoms with E-state index in [0.717, 1.165) is 6.07 Å². The minimum Gasteiger partial charge on any atom is -0.406 e. The zero-order chi connectivity index (χ0) is 10.8. The van der Waals surface area contributed by atoms with Crippen LogP contribution in [0.4, 0.5) is 13.2 Å². The normalized spacial score (nSPS) is 10.8. The van der Waals surface area contributed by atoms with E-state index in [2.05, 4.69) is 4.74 Å². The van der Waals surface area contributed by atoms with Crippen LogP contribution in [0.3, 0.4) is 0 Å². The fourth-order valence-corrected chi connectivity index (χ4v) is 1.46. The van der Waals surface area contributed by atoms with Gasteiger partial charge < -0.3 is 4.74 Å². The molecule has 0 amide bonds. The Labute approximate surface area is 91.4 Å². The van der Waals surface area contributed by atoms with E-state index >= 15 is 0 Å². The van der Waals surface area contributed by atoms with Crippen molar-refractivity contribution in [1.29, 1.82) is 5.26 Å². The minimum absolute atomic E-state index is 0.135. The highest BCUT2D eigenvalue weighted by Gasteiger charge is 2.31. The summed E-state index contributed by atoms with van der Waals surface area (Å²) in [5.74, 6) is -0.374. The summed E-state index contributed by atoms with van der Waals surface area (Å²) < 4.78 is 39.6. The molecule has 0 bridgehead atoms. The molecule has 0 saturated carbocycles. The van der Waals surface area contributed by atoms with E-state index in [1.165, 1.54) is 12.1 Å². The molecule has 1 aromatic carbocycles. The Morgan fingerprint density at radius 1 is 1.29 bits per heavy atom. The molecule has 0 unspecified atom stereocenters. The summed E-state index contributed by atoms with van der Waals surface area (Å²) in [5.41, 5.74) is 0.135. The third-order valence-electron chi connectivity index (χ3n) is 1.23. The van der Waals surface area contributed by atoms with Gasteiger partial charge in [0.15, 0.2) is 0 Å². The van der Waals surface area contributed by atoms with Gasteiger partial charge in [-0.3, -0.25) is 0 Å². The molecule has 6 heteroatoms. The number of halogens is 4. The first-order valence-electron chi connectivity index (χ1n) is 3.37. The van der Waals surface area contributed by atoms with Gasteiger partial charge in [-0.15, -0.1) is 13.2 Å². The summed E-state index contributed by atoms with van der Waals surface area (Å²) >= 11 is 1.81. The van der Waals surface area contributed by atoms with Crippen molar-refractivity contribution in [3.63, 3.8) is 0 Å². The van der Waals surface area contributed by atoms with Gasteiger partial charge in [-0.1, -0.05) is 0 Å². The Bertz CT molecular complexity index is 383. The van der Waals surface area contributed by atoms with Crippen LogP contribution in [0, 0.1) is 14.9 Å². The number of nitriles is 1. The number of rotatable bonds is 1. The second kappa shape index (κ2) is 4.04. The van der Waals surface area contributed by atoms with Gasteiger partial charge in [-0.05, 0) is 40.8 Å². The van der Waals surface area contributed by atoms with Gasteiger partial charge in [0.1, 0.15) is 5.75 Å². The first kappa shape index (κ1) is 11.1. The average molecular weight is 313 g/mol. The minimum atomic E-state index is -4.73. The number of hydrogen-bond donors (Lipinski definition) is 0. The Morgan fingerprint density at radius 2 is 1.93 bits per heavy atom. The van der Waals surface area contributed by atoms with Crippen molar-refractivity contribution in [2.24, 2.45) is 0 Å².